The van der Waals surface area contributed by atoms with Crippen molar-refractivity contribution in [3.63, 3.8) is 0 Å². The zero-order valence-corrected chi connectivity index (χ0v) is 16.4. The molecule has 2 aliphatic rings. The Labute approximate surface area is 155 Å². The van der Waals surface area contributed by atoms with Crippen LogP contribution >= 0.6 is 0 Å². The first-order valence-electron chi connectivity index (χ1n) is 8.88. The second kappa shape index (κ2) is 7.23. The van der Waals surface area contributed by atoms with Crippen LogP contribution in [0.5, 0.6) is 17.2 Å². The molecule has 3 unspecified atom stereocenters. The topological polar surface area (TPSA) is 73.3 Å². The van der Waals surface area contributed by atoms with E-state index in [9.17, 15) is 0 Å². The predicted molar refractivity (Wildman–Crippen MR) is 102 cm³/mol. The third kappa shape index (κ3) is 3.05. The molecular formula is C19H29N3O4. The molecule has 3 atom stereocenters. The molecule has 1 saturated carbocycles. The average Bonchev–Trinajstić information content (AvgIpc) is 3.11. The molecule has 3 rings (SSSR count). The molecule has 0 amide bonds. The van der Waals surface area contributed by atoms with Crippen molar-refractivity contribution in [1.29, 1.82) is 0 Å². The summed E-state index contributed by atoms with van der Waals surface area (Å²) in [6, 6.07) is 4.05. The molecule has 1 aromatic rings. The van der Waals surface area contributed by atoms with E-state index in [1.165, 1.54) is 0 Å². The molecule has 1 aromatic carbocycles. The van der Waals surface area contributed by atoms with Gasteiger partial charge in [-0.05, 0) is 6.42 Å². The number of guanidine groups is 1. The summed E-state index contributed by atoms with van der Waals surface area (Å²) in [6.07, 6.45) is 1.42. The van der Waals surface area contributed by atoms with Gasteiger partial charge in [0.1, 0.15) is 0 Å². The van der Waals surface area contributed by atoms with Crippen LogP contribution in [0.4, 0.5) is 5.69 Å². The first-order valence-corrected chi connectivity index (χ1v) is 8.88. The van der Waals surface area contributed by atoms with Crippen molar-refractivity contribution in [1.82, 2.24) is 5.32 Å². The van der Waals surface area contributed by atoms with Gasteiger partial charge in [-0.2, -0.15) is 0 Å². The zero-order chi connectivity index (χ0) is 18.9. The number of hydrogen-bond donors (Lipinski definition) is 2. The van der Waals surface area contributed by atoms with Crippen LogP contribution in [0.3, 0.4) is 0 Å². The third-order valence-electron chi connectivity index (χ3n) is 5.54. The molecule has 0 spiro atoms. The quantitative estimate of drug-likeness (QED) is 0.619. The first-order chi connectivity index (χ1) is 12.5. The van der Waals surface area contributed by atoms with E-state index in [4.69, 9.17) is 18.9 Å². The Morgan fingerprint density at radius 1 is 1.15 bits per heavy atom. The van der Waals surface area contributed by atoms with E-state index in [0.29, 0.717) is 41.3 Å². The summed E-state index contributed by atoms with van der Waals surface area (Å²) < 4.78 is 22.1. The number of anilines is 1. The van der Waals surface area contributed by atoms with Crippen molar-refractivity contribution in [2.75, 3.05) is 40.3 Å². The molecule has 0 radical (unpaired) electrons. The molecule has 1 aliphatic carbocycles. The standard InChI is InChI=1S/C19H29N3O4/c1-19(2)16(12-7-8-26-17(12)19)22-18(20-3)21-11-9-13(23-4)15(25-6)14(10-11)24-5/h9-10,12,16-17H,7-8H2,1-6H3,(H2,20,21,22). The number of ether oxygens (including phenoxy) is 4. The van der Waals surface area contributed by atoms with Crippen molar-refractivity contribution >= 4 is 11.6 Å². The van der Waals surface area contributed by atoms with E-state index in [-0.39, 0.29) is 5.41 Å². The Balaban J connectivity index is 1.77. The highest BCUT2D eigenvalue weighted by atomic mass is 16.5. The summed E-state index contributed by atoms with van der Waals surface area (Å²) in [7, 11) is 6.56. The van der Waals surface area contributed by atoms with Gasteiger partial charge < -0.3 is 29.6 Å². The Morgan fingerprint density at radius 2 is 1.81 bits per heavy atom. The molecule has 1 heterocycles. The van der Waals surface area contributed by atoms with Crippen LogP contribution < -0.4 is 24.8 Å². The largest absolute Gasteiger partial charge is 0.493 e. The Kier molecular flexibility index (Phi) is 5.18. The molecule has 7 nitrogen and oxygen atoms in total. The smallest absolute Gasteiger partial charge is 0.203 e. The van der Waals surface area contributed by atoms with Gasteiger partial charge >= 0.3 is 0 Å². The molecule has 26 heavy (non-hydrogen) atoms. The first kappa shape index (κ1) is 18.6. The monoisotopic (exact) mass is 363 g/mol. The second-order valence-corrected chi connectivity index (χ2v) is 7.30. The normalized spacial score (nSPS) is 26.5. The van der Waals surface area contributed by atoms with Gasteiger partial charge in [0, 0.05) is 48.8 Å². The maximum Gasteiger partial charge on any atom is 0.203 e. The number of nitrogens with zero attached hydrogens (tertiary/aromatic N) is 1. The number of hydrogen-bond acceptors (Lipinski definition) is 5. The highest BCUT2D eigenvalue weighted by Crippen LogP contribution is 2.52. The zero-order valence-electron chi connectivity index (χ0n) is 16.4. The predicted octanol–water partition coefficient (Wildman–Crippen LogP) is 2.51. The number of benzene rings is 1. The van der Waals surface area contributed by atoms with Crippen molar-refractivity contribution < 1.29 is 18.9 Å². The van der Waals surface area contributed by atoms with Crippen LogP contribution in [0.15, 0.2) is 17.1 Å². The fraction of sp³-hybridized carbons (Fsp3) is 0.632. The lowest BCUT2D eigenvalue weighted by Gasteiger charge is -2.54. The minimum Gasteiger partial charge on any atom is -0.493 e. The lowest BCUT2D eigenvalue weighted by Crippen LogP contribution is -2.67. The number of methoxy groups -OCH3 is 3. The molecule has 0 bridgehead atoms. The highest BCUT2D eigenvalue weighted by Gasteiger charge is 2.59. The lowest BCUT2D eigenvalue weighted by molar-refractivity contribution is -0.106. The van der Waals surface area contributed by atoms with E-state index < -0.39 is 0 Å². The minimum atomic E-state index is 0.0775. The molecular weight excluding hydrogens is 334 g/mol. The van der Waals surface area contributed by atoms with Gasteiger partial charge in [-0.25, -0.2) is 0 Å². The Morgan fingerprint density at radius 3 is 2.35 bits per heavy atom. The van der Waals surface area contributed by atoms with Crippen molar-refractivity contribution in [3.05, 3.63) is 12.1 Å². The minimum absolute atomic E-state index is 0.0775. The molecule has 1 saturated heterocycles. The number of fused-ring (bicyclic) bond motifs is 1. The molecule has 144 valence electrons. The van der Waals surface area contributed by atoms with Crippen LogP contribution in [0.1, 0.15) is 20.3 Å². The summed E-state index contributed by atoms with van der Waals surface area (Å²) in [5, 5.41) is 6.89. The number of nitrogens with one attached hydrogen (secondary N) is 2. The maximum atomic E-state index is 5.87. The van der Waals surface area contributed by atoms with E-state index in [2.05, 4.69) is 29.5 Å². The summed E-state index contributed by atoms with van der Waals surface area (Å²) >= 11 is 0. The second-order valence-electron chi connectivity index (χ2n) is 7.30. The van der Waals surface area contributed by atoms with Crippen LogP contribution in [-0.2, 0) is 4.74 Å². The van der Waals surface area contributed by atoms with Crippen molar-refractivity contribution in [2.45, 2.75) is 32.4 Å². The molecule has 7 heteroatoms. The van der Waals surface area contributed by atoms with Gasteiger partial charge in [0.25, 0.3) is 0 Å². The van der Waals surface area contributed by atoms with Crippen molar-refractivity contribution in [2.24, 2.45) is 16.3 Å². The van der Waals surface area contributed by atoms with Gasteiger partial charge in [0.2, 0.25) is 5.75 Å². The SMILES string of the molecule is CN=C(Nc1cc(OC)c(OC)c(OC)c1)NC1C2CCOC2C1(C)C. The van der Waals surface area contributed by atoms with Gasteiger partial charge in [0.15, 0.2) is 17.5 Å². The van der Waals surface area contributed by atoms with Crippen LogP contribution in [0, 0.1) is 11.3 Å². The fourth-order valence-corrected chi connectivity index (χ4v) is 4.21. The molecule has 2 N–H and O–H groups in total. The number of aliphatic imine (C=N–C) groups is 1. The van der Waals surface area contributed by atoms with Gasteiger partial charge in [-0.3, -0.25) is 4.99 Å². The average molecular weight is 363 g/mol. The molecule has 2 fully saturated rings. The van der Waals surface area contributed by atoms with Crippen LogP contribution in [-0.4, -0.2) is 53.1 Å². The van der Waals surface area contributed by atoms with E-state index in [1.807, 2.05) is 12.1 Å². The van der Waals surface area contributed by atoms with Crippen molar-refractivity contribution in [3.8, 4) is 17.2 Å². The lowest BCUT2D eigenvalue weighted by atomic mass is 9.57. The fourth-order valence-electron chi connectivity index (χ4n) is 4.21. The Bertz CT molecular complexity index is 664. The van der Waals surface area contributed by atoms with Gasteiger partial charge in [-0.15, -0.1) is 0 Å². The van der Waals surface area contributed by atoms with Gasteiger partial charge in [-0.1, -0.05) is 13.8 Å². The summed E-state index contributed by atoms with van der Waals surface area (Å²) in [4.78, 5) is 4.38. The third-order valence-corrected chi connectivity index (χ3v) is 5.54. The summed E-state index contributed by atoms with van der Waals surface area (Å²) in [6.45, 7) is 5.32. The van der Waals surface area contributed by atoms with E-state index in [1.54, 1.807) is 28.4 Å². The maximum absolute atomic E-state index is 5.87. The van der Waals surface area contributed by atoms with Crippen LogP contribution in [0.25, 0.3) is 0 Å². The number of rotatable bonds is 5. The van der Waals surface area contributed by atoms with Gasteiger partial charge in [0.05, 0.1) is 27.4 Å². The Hall–Kier alpha value is -2.15. The van der Waals surface area contributed by atoms with E-state index >= 15 is 0 Å². The van der Waals surface area contributed by atoms with Crippen LogP contribution in [0.2, 0.25) is 0 Å². The van der Waals surface area contributed by atoms with E-state index in [0.717, 1.165) is 18.7 Å². The molecule has 0 aromatic heterocycles. The summed E-state index contributed by atoms with van der Waals surface area (Å²) in [5.74, 6) is 3.00. The molecule has 1 aliphatic heterocycles. The summed E-state index contributed by atoms with van der Waals surface area (Å²) in [5.41, 5.74) is 0.887. The highest BCUT2D eigenvalue weighted by molar-refractivity contribution is 5.94.